The molecule has 2 rings (SSSR count). The summed E-state index contributed by atoms with van der Waals surface area (Å²) in [7, 11) is -2.26. The largest absolute Gasteiger partial charge is 0.586 e. The minimum atomic E-state index is -3.87. The van der Waals surface area contributed by atoms with Crippen molar-refractivity contribution in [1.29, 1.82) is 0 Å². The molecule has 1 aliphatic rings. The topological polar surface area (TPSA) is 27.7 Å². The van der Waals surface area contributed by atoms with E-state index in [0.717, 1.165) is 6.07 Å². The zero-order chi connectivity index (χ0) is 15.3. The highest BCUT2D eigenvalue weighted by molar-refractivity contribution is 6.74. The third kappa shape index (κ3) is 2.59. The van der Waals surface area contributed by atoms with Crippen LogP contribution in [0.3, 0.4) is 0 Å². The molecule has 0 aliphatic carbocycles. The molecule has 0 spiro atoms. The molecule has 0 radical (unpaired) electrons. The number of hydrogen-bond acceptors (Lipinski definition) is 3. The van der Waals surface area contributed by atoms with E-state index in [2.05, 4.69) is 9.47 Å². The van der Waals surface area contributed by atoms with Crippen molar-refractivity contribution >= 4 is 8.32 Å². The molecular weight excluding hydrogens is 289 g/mol. The summed E-state index contributed by atoms with van der Waals surface area (Å²) in [5, 5.41) is -0.129. The van der Waals surface area contributed by atoms with Gasteiger partial charge in [-0.15, -0.1) is 8.78 Å². The molecule has 0 bridgehead atoms. The molecule has 0 saturated heterocycles. The van der Waals surface area contributed by atoms with Gasteiger partial charge in [0.25, 0.3) is 8.32 Å². The van der Waals surface area contributed by atoms with Gasteiger partial charge in [-0.05, 0) is 30.3 Å². The molecule has 1 aliphatic heterocycles. The molecule has 7 heteroatoms. The Bertz CT molecular complexity index is 538. The first-order chi connectivity index (χ1) is 8.93. The smallest absolute Gasteiger partial charge is 0.541 e. The van der Waals surface area contributed by atoms with Crippen LogP contribution in [0.1, 0.15) is 20.8 Å². The Balaban J connectivity index is 2.40. The van der Waals surface area contributed by atoms with Crippen molar-refractivity contribution in [2.24, 2.45) is 0 Å². The molecular formula is C13H17F3O3Si. The molecule has 0 saturated carbocycles. The Morgan fingerprint density at radius 2 is 1.65 bits per heavy atom. The number of rotatable bonds is 2. The molecule has 0 aromatic heterocycles. The molecule has 112 valence electrons. The minimum absolute atomic E-state index is 0.0881. The molecule has 0 amide bonds. The zero-order valence-electron chi connectivity index (χ0n) is 12.0. The highest BCUT2D eigenvalue weighted by Crippen LogP contribution is 2.50. The van der Waals surface area contributed by atoms with Crippen molar-refractivity contribution in [3.8, 4) is 17.2 Å². The van der Waals surface area contributed by atoms with Gasteiger partial charge in [-0.2, -0.15) is 0 Å². The Labute approximate surface area is 116 Å². The van der Waals surface area contributed by atoms with Crippen LogP contribution in [0, 0.1) is 5.82 Å². The van der Waals surface area contributed by atoms with Gasteiger partial charge in [0.05, 0.1) is 0 Å². The van der Waals surface area contributed by atoms with E-state index in [1.807, 2.05) is 33.9 Å². The van der Waals surface area contributed by atoms with Crippen molar-refractivity contribution in [2.45, 2.75) is 45.2 Å². The highest BCUT2D eigenvalue weighted by atomic mass is 28.4. The summed E-state index contributed by atoms with van der Waals surface area (Å²) in [5.41, 5.74) is 0. The second kappa shape index (κ2) is 4.31. The maximum Gasteiger partial charge on any atom is 0.586 e. The molecule has 1 aromatic carbocycles. The number of ether oxygens (including phenoxy) is 2. The average Bonchev–Trinajstić information content (AvgIpc) is 2.57. The summed E-state index contributed by atoms with van der Waals surface area (Å²) in [6.07, 6.45) is -3.87. The van der Waals surface area contributed by atoms with E-state index >= 15 is 0 Å². The lowest BCUT2D eigenvalue weighted by Crippen LogP contribution is -2.43. The molecule has 1 heterocycles. The van der Waals surface area contributed by atoms with Gasteiger partial charge >= 0.3 is 6.29 Å². The van der Waals surface area contributed by atoms with E-state index in [-0.39, 0.29) is 16.5 Å². The van der Waals surface area contributed by atoms with Crippen LogP contribution in [-0.4, -0.2) is 14.6 Å². The fourth-order valence-corrected chi connectivity index (χ4v) is 2.50. The molecule has 0 unspecified atom stereocenters. The number of halogens is 3. The van der Waals surface area contributed by atoms with Crippen molar-refractivity contribution in [1.82, 2.24) is 0 Å². The van der Waals surface area contributed by atoms with E-state index in [4.69, 9.17) is 4.43 Å². The summed E-state index contributed by atoms with van der Waals surface area (Å²) in [4.78, 5) is 0. The van der Waals surface area contributed by atoms with Gasteiger partial charge in [-0.3, -0.25) is 0 Å². The Morgan fingerprint density at radius 3 is 2.20 bits per heavy atom. The van der Waals surface area contributed by atoms with Crippen LogP contribution in [0.4, 0.5) is 13.2 Å². The molecule has 0 N–H and O–H groups in total. The number of benzene rings is 1. The van der Waals surface area contributed by atoms with Gasteiger partial charge < -0.3 is 13.9 Å². The Kier molecular flexibility index (Phi) is 3.24. The van der Waals surface area contributed by atoms with Gasteiger partial charge in [-0.25, -0.2) is 4.39 Å². The molecule has 0 atom stereocenters. The molecule has 3 nitrogen and oxygen atoms in total. The van der Waals surface area contributed by atoms with Gasteiger partial charge in [0.15, 0.2) is 11.6 Å². The van der Waals surface area contributed by atoms with Gasteiger partial charge in [0.2, 0.25) is 11.5 Å². The SMILES string of the molecule is CC(C)(C)[Si](C)(C)Oc1ccc(F)c2c1OC(F)(F)O2. The van der Waals surface area contributed by atoms with Crippen LogP contribution in [-0.2, 0) is 0 Å². The van der Waals surface area contributed by atoms with E-state index in [0.29, 0.717) is 0 Å². The third-order valence-corrected chi connectivity index (χ3v) is 7.98. The van der Waals surface area contributed by atoms with Crippen LogP contribution in [0.5, 0.6) is 17.2 Å². The number of hydrogen-bond donors (Lipinski definition) is 0. The van der Waals surface area contributed by atoms with Crippen molar-refractivity contribution in [2.75, 3.05) is 0 Å². The van der Waals surface area contributed by atoms with E-state index < -0.39 is 26.2 Å². The lowest BCUT2D eigenvalue weighted by molar-refractivity contribution is -0.287. The van der Waals surface area contributed by atoms with Crippen LogP contribution < -0.4 is 13.9 Å². The van der Waals surface area contributed by atoms with Crippen LogP contribution in [0.15, 0.2) is 12.1 Å². The maximum absolute atomic E-state index is 13.5. The molecule has 0 fully saturated rings. The standard InChI is InChI=1S/C13H17F3O3Si/c1-12(2,3)20(4,5)19-9-7-6-8(14)10-11(9)18-13(15,16)17-10/h6-7H,1-5H3. The van der Waals surface area contributed by atoms with Crippen LogP contribution in [0.2, 0.25) is 18.1 Å². The van der Waals surface area contributed by atoms with Crippen LogP contribution >= 0.6 is 0 Å². The lowest BCUT2D eigenvalue weighted by Gasteiger charge is -2.36. The lowest BCUT2D eigenvalue weighted by atomic mass is 10.2. The quantitative estimate of drug-likeness (QED) is 0.751. The average molecular weight is 306 g/mol. The number of alkyl halides is 2. The Morgan fingerprint density at radius 1 is 1.10 bits per heavy atom. The molecule has 20 heavy (non-hydrogen) atoms. The third-order valence-electron chi connectivity index (χ3n) is 3.64. The van der Waals surface area contributed by atoms with Gasteiger partial charge in [0.1, 0.15) is 0 Å². The van der Waals surface area contributed by atoms with E-state index in [1.54, 1.807) is 0 Å². The van der Waals surface area contributed by atoms with Crippen molar-refractivity contribution < 1.29 is 27.1 Å². The molecule has 1 aromatic rings. The maximum atomic E-state index is 13.5. The van der Waals surface area contributed by atoms with Gasteiger partial charge in [-0.1, -0.05) is 20.8 Å². The summed E-state index contributed by atoms with van der Waals surface area (Å²) < 4.78 is 54.1. The van der Waals surface area contributed by atoms with Crippen molar-refractivity contribution in [3.05, 3.63) is 17.9 Å². The van der Waals surface area contributed by atoms with E-state index in [9.17, 15) is 13.2 Å². The second-order valence-corrected chi connectivity index (χ2v) is 11.0. The predicted octanol–water partition coefficient (Wildman–Crippen LogP) is 4.53. The first-order valence-corrected chi connectivity index (χ1v) is 9.11. The fraction of sp³-hybridized carbons (Fsp3) is 0.538. The fourth-order valence-electron chi connectivity index (χ4n) is 1.48. The van der Waals surface area contributed by atoms with Crippen LogP contribution in [0.25, 0.3) is 0 Å². The zero-order valence-corrected chi connectivity index (χ0v) is 13.0. The summed E-state index contributed by atoms with van der Waals surface area (Å²) in [5.74, 6) is -1.80. The second-order valence-electron chi connectivity index (χ2n) is 6.23. The van der Waals surface area contributed by atoms with Crippen molar-refractivity contribution in [3.63, 3.8) is 0 Å². The summed E-state index contributed by atoms with van der Waals surface area (Å²) in [6, 6.07) is 2.32. The van der Waals surface area contributed by atoms with E-state index in [1.165, 1.54) is 6.07 Å². The predicted molar refractivity (Wildman–Crippen MR) is 70.4 cm³/mol. The first kappa shape index (κ1) is 15.0. The monoisotopic (exact) mass is 306 g/mol. The van der Waals surface area contributed by atoms with Gasteiger partial charge in [0, 0.05) is 0 Å². The minimum Gasteiger partial charge on any atom is -0.541 e. The first-order valence-electron chi connectivity index (χ1n) is 6.20. The Hall–Kier alpha value is -1.37. The summed E-state index contributed by atoms with van der Waals surface area (Å²) >= 11 is 0. The summed E-state index contributed by atoms with van der Waals surface area (Å²) in [6.45, 7) is 9.94. The normalized spacial score (nSPS) is 17.2. The number of fused-ring (bicyclic) bond motifs is 1. The highest BCUT2D eigenvalue weighted by Gasteiger charge is 2.48.